The normalized spacial score (nSPS) is 15.6. The maximum absolute atomic E-state index is 15.6. The first kappa shape index (κ1) is 28.4. The number of carbonyl (C=O) groups is 1. The molecule has 1 aliphatic carbocycles. The smallest absolute Gasteiger partial charge is 0.253 e. The molecule has 4 aromatic carbocycles. The molecule has 2 fully saturated rings. The minimum Gasteiger partial charge on any atom is -0.489 e. The Hall–Kier alpha value is -3.70. The van der Waals surface area contributed by atoms with Crippen LogP contribution in [-0.4, -0.2) is 23.9 Å². The third kappa shape index (κ3) is 6.07. The fourth-order valence-corrected chi connectivity index (χ4v) is 6.49. The van der Waals surface area contributed by atoms with E-state index in [-0.39, 0.29) is 23.4 Å². The molecule has 0 bridgehead atoms. The van der Waals surface area contributed by atoms with Crippen LogP contribution in [0.4, 0.5) is 8.78 Å². The molecule has 0 spiro atoms. The van der Waals surface area contributed by atoms with Crippen molar-refractivity contribution in [3.63, 3.8) is 0 Å². The highest BCUT2D eigenvalue weighted by molar-refractivity contribution is 6.30. The van der Waals surface area contributed by atoms with Gasteiger partial charge >= 0.3 is 0 Å². The summed E-state index contributed by atoms with van der Waals surface area (Å²) in [7, 11) is 0. The third-order valence-corrected chi connectivity index (χ3v) is 8.91. The molecule has 1 saturated heterocycles. The second-order valence-electron chi connectivity index (χ2n) is 11.4. The summed E-state index contributed by atoms with van der Waals surface area (Å²) in [5, 5.41) is 0.0398. The summed E-state index contributed by atoms with van der Waals surface area (Å²) in [6.07, 6.45) is 7.96. The van der Waals surface area contributed by atoms with Gasteiger partial charge in [0.15, 0.2) is 0 Å². The van der Waals surface area contributed by atoms with Crippen molar-refractivity contribution in [2.24, 2.45) is 0 Å². The molecule has 2 aliphatic rings. The number of carbonyl (C=O) groups excluding carboxylic acids is 1. The van der Waals surface area contributed by atoms with E-state index in [1.807, 2.05) is 29.2 Å². The Labute approximate surface area is 251 Å². The second-order valence-corrected chi connectivity index (χ2v) is 11.8. The monoisotopic (exact) mass is 585 g/mol. The van der Waals surface area contributed by atoms with E-state index in [1.165, 1.54) is 43.0 Å². The summed E-state index contributed by atoms with van der Waals surface area (Å²) < 4.78 is 36.1. The van der Waals surface area contributed by atoms with Crippen LogP contribution < -0.4 is 4.74 Å². The number of nitrogens with zero attached hydrogens (tertiary/aromatic N) is 1. The van der Waals surface area contributed by atoms with Crippen LogP contribution in [0.3, 0.4) is 0 Å². The Morgan fingerprint density at radius 1 is 0.786 bits per heavy atom. The Kier molecular flexibility index (Phi) is 8.57. The highest BCUT2D eigenvalue weighted by Gasteiger charge is 2.22. The van der Waals surface area contributed by atoms with Gasteiger partial charge in [0.1, 0.15) is 24.0 Å². The second kappa shape index (κ2) is 12.7. The Bertz CT molecular complexity index is 1590. The van der Waals surface area contributed by atoms with Crippen LogP contribution in [0.15, 0.2) is 78.9 Å². The zero-order valence-corrected chi connectivity index (χ0v) is 24.3. The molecule has 3 nitrogen and oxygen atoms in total. The molecule has 0 N–H and O–H groups in total. The minimum atomic E-state index is -0.524. The van der Waals surface area contributed by atoms with Crippen LogP contribution in [0.5, 0.6) is 5.75 Å². The number of amides is 1. The van der Waals surface area contributed by atoms with E-state index in [1.54, 1.807) is 30.3 Å². The van der Waals surface area contributed by atoms with Crippen LogP contribution in [0, 0.1) is 11.6 Å². The number of benzene rings is 4. The summed E-state index contributed by atoms with van der Waals surface area (Å²) in [5.74, 6) is -0.0550. The zero-order chi connectivity index (χ0) is 29.1. The largest absolute Gasteiger partial charge is 0.489 e. The minimum absolute atomic E-state index is 0.0328. The number of likely N-dealkylation sites (tertiary alicyclic amines) is 1. The zero-order valence-electron chi connectivity index (χ0n) is 23.6. The lowest BCUT2D eigenvalue weighted by Crippen LogP contribution is -2.27. The number of hydrogen-bond donors (Lipinski definition) is 0. The van der Waals surface area contributed by atoms with E-state index < -0.39 is 5.82 Å². The van der Waals surface area contributed by atoms with E-state index in [9.17, 15) is 9.18 Å². The maximum atomic E-state index is 15.6. The van der Waals surface area contributed by atoms with Crippen LogP contribution >= 0.6 is 11.6 Å². The SMILES string of the molecule is O=C(c1ccc(-c2ccc(Cl)c(F)c2)c(COc2ccc(-c3ccccc3C3CCCCC3)c(F)c2)c1)N1CCCC1. The molecule has 0 unspecified atom stereocenters. The van der Waals surface area contributed by atoms with Crippen molar-refractivity contribution >= 4 is 17.5 Å². The Balaban J connectivity index is 1.28. The highest BCUT2D eigenvalue weighted by Crippen LogP contribution is 2.39. The van der Waals surface area contributed by atoms with Gasteiger partial charge in [-0.15, -0.1) is 0 Å². The van der Waals surface area contributed by atoms with Gasteiger partial charge < -0.3 is 9.64 Å². The molecule has 42 heavy (non-hydrogen) atoms. The molecule has 1 heterocycles. The van der Waals surface area contributed by atoms with E-state index >= 15 is 4.39 Å². The number of ether oxygens (including phenoxy) is 1. The topological polar surface area (TPSA) is 29.5 Å². The first-order valence-electron chi connectivity index (χ1n) is 14.9. The van der Waals surface area contributed by atoms with Crippen molar-refractivity contribution in [2.75, 3.05) is 13.1 Å². The molecule has 6 heteroatoms. The lowest BCUT2D eigenvalue weighted by Gasteiger charge is -2.24. The van der Waals surface area contributed by atoms with Gasteiger partial charge in [0, 0.05) is 30.3 Å². The van der Waals surface area contributed by atoms with Crippen LogP contribution in [0.2, 0.25) is 5.02 Å². The van der Waals surface area contributed by atoms with Gasteiger partial charge in [0.05, 0.1) is 5.02 Å². The summed E-state index contributed by atoms with van der Waals surface area (Å²) in [5.41, 5.74) is 5.32. The van der Waals surface area contributed by atoms with Gasteiger partial charge in [-0.1, -0.05) is 67.3 Å². The average molecular weight is 586 g/mol. The Morgan fingerprint density at radius 2 is 1.55 bits per heavy atom. The van der Waals surface area contributed by atoms with Gasteiger partial charge in [0.2, 0.25) is 0 Å². The van der Waals surface area contributed by atoms with Gasteiger partial charge in [-0.2, -0.15) is 0 Å². The quantitative estimate of drug-likeness (QED) is 0.216. The van der Waals surface area contributed by atoms with Crippen molar-refractivity contribution in [3.8, 4) is 28.0 Å². The lowest BCUT2D eigenvalue weighted by atomic mass is 9.81. The molecule has 1 saturated carbocycles. The molecule has 1 aliphatic heterocycles. The summed E-state index contributed by atoms with van der Waals surface area (Å²) in [6, 6.07) is 23.1. The van der Waals surface area contributed by atoms with Crippen molar-refractivity contribution < 1.29 is 18.3 Å². The fraction of sp³-hybridized carbons (Fsp3) is 0.306. The molecule has 0 aromatic heterocycles. The molecular formula is C36H34ClF2NO2. The van der Waals surface area contributed by atoms with Gasteiger partial charge in [-0.05, 0) is 95.8 Å². The van der Waals surface area contributed by atoms with E-state index in [2.05, 4.69) is 6.07 Å². The van der Waals surface area contributed by atoms with Crippen molar-refractivity contribution in [1.82, 2.24) is 4.90 Å². The molecule has 0 atom stereocenters. The standard InChI is InChI=1S/C36H34ClF2NO2/c37-33-17-13-25(21-35(33)39)29-15-12-26(36(41)40-18-6-7-19-40)20-27(29)23-42-28-14-16-32(34(38)22-28)31-11-5-4-10-30(31)24-8-2-1-3-9-24/h4-5,10-17,20-22,24H,1-3,6-9,18-19,23H2. The van der Waals surface area contributed by atoms with E-state index in [0.29, 0.717) is 33.9 Å². The van der Waals surface area contributed by atoms with Crippen LogP contribution in [0.25, 0.3) is 22.3 Å². The number of hydrogen-bond acceptors (Lipinski definition) is 2. The van der Waals surface area contributed by atoms with E-state index in [4.69, 9.17) is 16.3 Å². The average Bonchev–Trinajstić information content (AvgIpc) is 3.57. The molecule has 1 amide bonds. The molecule has 0 radical (unpaired) electrons. The first-order valence-corrected chi connectivity index (χ1v) is 15.2. The summed E-state index contributed by atoms with van der Waals surface area (Å²) in [6.45, 7) is 1.56. The summed E-state index contributed by atoms with van der Waals surface area (Å²) in [4.78, 5) is 15.0. The van der Waals surface area contributed by atoms with Crippen molar-refractivity contribution in [3.05, 3.63) is 112 Å². The first-order chi connectivity index (χ1) is 20.5. The van der Waals surface area contributed by atoms with E-state index in [0.717, 1.165) is 49.9 Å². The van der Waals surface area contributed by atoms with Crippen molar-refractivity contribution in [1.29, 1.82) is 0 Å². The number of halogens is 3. The van der Waals surface area contributed by atoms with Gasteiger partial charge in [0.25, 0.3) is 5.91 Å². The predicted molar refractivity (Wildman–Crippen MR) is 164 cm³/mol. The van der Waals surface area contributed by atoms with Crippen molar-refractivity contribution in [2.45, 2.75) is 57.5 Å². The summed E-state index contributed by atoms with van der Waals surface area (Å²) >= 11 is 5.93. The molecular weight excluding hydrogens is 552 g/mol. The van der Waals surface area contributed by atoms with Crippen LogP contribution in [-0.2, 0) is 6.61 Å². The molecule has 4 aromatic rings. The lowest BCUT2D eigenvalue weighted by molar-refractivity contribution is 0.0792. The Morgan fingerprint density at radius 3 is 2.31 bits per heavy atom. The fourth-order valence-electron chi connectivity index (χ4n) is 6.37. The third-order valence-electron chi connectivity index (χ3n) is 8.61. The highest BCUT2D eigenvalue weighted by atomic mass is 35.5. The maximum Gasteiger partial charge on any atom is 0.253 e. The molecule has 216 valence electrons. The van der Waals surface area contributed by atoms with Crippen LogP contribution in [0.1, 0.15) is 72.3 Å². The van der Waals surface area contributed by atoms with Gasteiger partial charge in [-0.25, -0.2) is 8.78 Å². The van der Waals surface area contributed by atoms with Gasteiger partial charge in [-0.3, -0.25) is 4.79 Å². The number of rotatable bonds is 7. The predicted octanol–water partition coefficient (Wildman–Crippen LogP) is 9.81. The molecule has 6 rings (SSSR count).